The fourth-order valence-electron chi connectivity index (χ4n) is 6.66. The van der Waals surface area contributed by atoms with Crippen LogP contribution in [0.1, 0.15) is 16.7 Å². The zero-order valence-electron chi connectivity index (χ0n) is 25.7. The van der Waals surface area contributed by atoms with Gasteiger partial charge in [-0.15, -0.1) is 0 Å². The zero-order chi connectivity index (χ0) is 31.5. The van der Waals surface area contributed by atoms with Crippen molar-refractivity contribution in [3.63, 3.8) is 0 Å². The Labute approximate surface area is 271 Å². The van der Waals surface area contributed by atoms with E-state index in [9.17, 15) is 0 Å². The molecule has 0 saturated heterocycles. The number of rotatable bonds is 5. The molecule has 9 rings (SSSR count). The number of para-hydroxylation sites is 2. The molecule has 0 radical (unpaired) electrons. The van der Waals surface area contributed by atoms with Crippen molar-refractivity contribution in [1.82, 2.24) is 9.97 Å². The summed E-state index contributed by atoms with van der Waals surface area (Å²) in [7, 11) is 0. The van der Waals surface area contributed by atoms with Crippen LogP contribution in [-0.4, -0.2) is 9.97 Å². The molecule has 0 saturated carbocycles. The minimum atomic E-state index is 0.639. The molecule has 0 aliphatic heterocycles. The predicted octanol–water partition coefficient (Wildman–Crippen LogP) is 11.6. The summed E-state index contributed by atoms with van der Waals surface area (Å²) in [4.78, 5) is 10.1. The maximum Gasteiger partial charge on any atom is 0.180 e. The average molecular weight is 605 g/mol. The van der Waals surface area contributed by atoms with Crippen molar-refractivity contribution in [3.05, 3.63) is 163 Å². The van der Waals surface area contributed by atoms with Gasteiger partial charge in [0.15, 0.2) is 11.4 Å². The molecular weight excluding hydrogens is 576 g/mol. The van der Waals surface area contributed by atoms with Crippen molar-refractivity contribution in [3.8, 4) is 33.8 Å². The third kappa shape index (κ3) is 4.38. The van der Waals surface area contributed by atoms with E-state index in [-0.39, 0.29) is 0 Å². The van der Waals surface area contributed by atoms with Crippen molar-refractivity contribution >= 4 is 49.6 Å². The molecule has 0 aliphatic carbocycles. The smallest absolute Gasteiger partial charge is 0.180 e. The van der Waals surface area contributed by atoms with Crippen LogP contribution in [0.3, 0.4) is 0 Å². The van der Waals surface area contributed by atoms with Gasteiger partial charge in [-0.1, -0.05) is 122 Å². The van der Waals surface area contributed by atoms with E-state index in [0.29, 0.717) is 11.4 Å². The number of nitrogens with zero attached hydrogens (tertiary/aromatic N) is 2. The number of benzene rings is 6. The van der Waals surface area contributed by atoms with Gasteiger partial charge in [-0.05, 0) is 59.0 Å². The van der Waals surface area contributed by atoms with E-state index in [1.807, 2.05) is 54.6 Å². The molecule has 0 unspecified atom stereocenters. The van der Waals surface area contributed by atoms with Crippen molar-refractivity contribution < 1.29 is 8.83 Å². The van der Waals surface area contributed by atoms with Crippen LogP contribution in [0.15, 0.2) is 155 Å². The number of fused-ring (bicyclic) bond motifs is 6. The van der Waals surface area contributed by atoms with E-state index < -0.39 is 0 Å². The first-order chi connectivity index (χ1) is 23.1. The fourth-order valence-corrected chi connectivity index (χ4v) is 6.66. The normalized spacial score (nSPS) is 11.6. The fraction of sp³-hybridized carbons (Fsp3) is 0.0233. The minimum absolute atomic E-state index is 0.639. The standard InChI is InChI=1S/C43H28N2O2/c1-26-12-6-7-15-31(26)33-24-25-34-32-16-8-10-18-36(32)46-41(34)38(33)27(2)28-20-22-30(23-21-28)43-44-39(29-13-4-3-5-14-29)42-40(45-43)35-17-9-11-19-37(35)47-42/h3-25H,2H2,1H3. The van der Waals surface area contributed by atoms with E-state index >= 15 is 0 Å². The minimum Gasteiger partial charge on any atom is -0.455 e. The predicted molar refractivity (Wildman–Crippen MR) is 192 cm³/mol. The first kappa shape index (κ1) is 27.1. The highest BCUT2D eigenvalue weighted by Gasteiger charge is 2.21. The van der Waals surface area contributed by atoms with Gasteiger partial charge in [0.05, 0.1) is 0 Å². The monoisotopic (exact) mass is 604 g/mol. The summed E-state index contributed by atoms with van der Waals surface area (Å²) >= 11 is 0. The first-order valence-electron chi connectivity index (χ1n) is 15.7. The zero-order valence-corrected chi connectivity index (χ0v) is 25.7. The SMILES string of the molecule is C=C(c1ccc(-c2nc(-c3ccccc3)c3oc4ccccc4c3n2)cc1)c1c(-c2ccccc2C)ccc2c1oc1ccccc12. The molecule has 0 spiro atoms. The molecule has 47 heavy (non-hydrogen) atoms. The third-order valence-corrected chi connectivity index (χ3v) is 9.04. The summed E-state index contributed by atoms with van der Waals surface area (Å²) in [5.41, 5.74) is 13.0. The number of furan rings is 2. The molecule has 3 aromatic heterocycles. The molecule has 0 atom stereocenters. The maximum absolute atomic E-state index is 6.56. The number of aryl methyl sites for hydroxylation is 1. The van der Waals surface area contributed by atoms with E-state index in [2.05, 4.69) is 98.4 Å². The average Bonchev–Trinajstić information content (AvgIpc) is 3.70. The van der Waals surface area contributed by atoms with E-state index in [4.69, 9.17) is 18.8 Å². The molecule has 222 valence electrons. The Bertz CT molecular complexity index is 2640. The lowest BCUT2D eigenvalue weighted by molar-refractivity contribution is 0.667. The third-order valence-electron chi connectivity index (χ3n) is 9.04. The summed E-state index contributed by atoms with van der Waals surface area (Å²) < 4.78 is 12.9. The van der Waals surface area contributed by atoms with Gasteiger partial charge >= 0.3 is 0 Å². The molecule has 6 aromatic carbocycles. The van der Waals surface area contributed by atoms with Gasteiger partial charge in [0.2, 0.25) is 0 Å². The van der Waals surface area contributed by atoms with Crippen LogP contribution in [0.4, 0.5) is 0 Å². The van der Waals surface area contributed by atoms with Crippen molar-refractivity contribution in [1.29, 1.82) is 0 Å². The summed E-state index contributed by atoms with van der Waals surface area (Å²) in [5, 5.41) is 3.14. The molecule has 0 amide bonds. The van der Waals surface area contributed by atoms with Crippen LogP contribution in [0.5, 0.6) is 0 Å². The topological polar surface area (TPSA) is 52.1 Å². The second-order valence-electron chi connectivity index (χ2n) is 11.9. The Balaban J connectivity index is 1.19. The van der Waals surface area contributed by atoms with Crippen molar-refractivity contribution in [2.45, 2.75) is 6.92 Å². The van der Waals surface area contributed by atoms with Gasteiger partial charge in [0.1, 0.15) is 28.0 Å². The summed E-state index contributed by atoms with van der Waals surface area (Å²) in [6, 6.07) is 47.5. The number of aromatic nitrogens is 2. The van der Waals surface area contributed by atoms with E-state index in [1.54, 1.807) is 0 Å². The van der Waals surface area contributed by atoms with Crippen LogP contribution in [0.2, 0.25) is 0 Å². The number of hydrogen-bond donors (Lipinski definition) is 0. The summed E-state index contributed by atoms with van der Waals surface area (Å²) in [6.45, 7) is 6.79. The Morgan fingerprint density at radius 3 is 1.98 bits per heavy atom. The van der Waals surface area contributed by atoms with Gasteiger partial charge < -0.3 is 8.83 Å². The van der Waals surface area contributed by atoms with Gasteiger partial charge in [0.25, 0.3) is 0 Å². The lowest BCUT2D eigenvalue weighted by Gasteiger charge is -2.15. The largest absolute Gasteiger partial charge is 0.455 e. The van der Waals surface area contributed by atoms with Gasteiger partial charge in [-0.3, -0.25) is 0 Å². The van der Waals surface area contributed by atoms with Crippen LogP contribution in [0, 0.1) is 6.92 Å². The Morgan fingerprint density at radius 1 is 0.532 bits per heavy atom. The Morgan fingerprint density at radius 2 is 1.19 bits per heavy atom. The highest BCUT2D eigenvalue weighted by molar-refractivity contribution is 6.12. The molecule has 4 heteroatoms. The second-order valence-corrected chi connectivity index (χ2v) is 11.9. The van der Waals surface area contributed by atoms with Gasteiger partial charge in [-0.2, -0.15) is 0 Å². The van der Waals surface area contributed by atoms with Crippen molar-refractivity contribution in [2.24, 2.45) is 0 Å². The van der Waals surface area contributed by atoms with Crippen LogP contribution < -0.4 is 0 Å². The highest BCUT2D eigenvalue weighted by Crippen LogP contribution is 2.42. The lowest BCUT2D eigenvalue weighted by Crippen LogP contribution is -1.96. The number of hydrogen-bond acceptors (Lipinski definition) is 4. The van der Waals surface area contributed by atoms with Crippen molar-refractivity contribution in [2.75, 3.05) is 0 Å². The maximum atomic E-state index is 6.56. The molecule has 0 fully saturated rings. The lowest BCUT2D eigenvalue weighted by atomic mass is 9.88. The molecule has 4 nitrogen and oxygen atoms in total. The van der Waals surface area contributed by atoms with E-state index in [1.165, 1.54) is 5.56 Å². The van der Waals surface area contributed by atoms with Gasteiger partial charge in [-0.25, -0.2) is 9.97 Å². The van der Waals surface area contributed by atoms with Crippen LogP contribution >= 0.6 is 0 Å². The Kier molecular flexibility index (Phi) is 6.15. The molecule has 9 aromatic rings. The molecule has 0 aliphatic rings. The van der Waals surface area contributed by atoms with Gasteiger partial charge in [0, 0.05) is 32.8 Å². The summed E-state index contributed by atoms with van der Waals surface area (Å²) in [5.74, 6) is 0.639. The quantitative estimate of drug-likeness (QED) is 0.196. The summed E-state index contributed by atoms with van der Waals surface area (Å²) in [6.07, 6.45) is 0. The molecule has 0 bridgehead atoms. The molecule has 3 heterocycles. The first-order valence-corrected chi connectivity index (χ1v) is 15.7. The van der Waals surface area contributed by atoms with Crippen LogP contribution in [0.25, 0.3) is 83.4 Å². The highest BCUT2D eigenvalue weighted by atomic mass is 16.3. The molecular formula is C43H28N2O2. The van der Waals surface area contributed by atoms with Crippen LogP contribution in [-0.2, 0) is 0 Å². The Hall–Kier alpha value is -6.26. The second kappa shape index (κ2) is 10.7. The van der Waals surface area contributed by atoms with E-state index in [0.717, 1.165) is 83.1 Å². The molecule has 0 N–H and O–H groups in total.